The third kappa shape index (κ3) is 1.91. The molecule has 0 aliphatic heterocycles. The fourth-order valence-corrected chi connectivity index (χ4v) is 1.68. The summed E-state index contributed by atoms with van der Waals surface area (Å²) in [6.07, 6.45) is 1.71. The number of aromatic nitrogens is 3. The van der Waals surface area contributed by atoms with Crippen molar-refractivity contribution in [3.05, 3.63) is 33.0 Å². The van der Waals surface area contributed by atoms with E-state index in [4.69, 9.17) is 5.73 Å². The number of halogens is 2. The zero-order valence-corrected chi connectivity index (χ0v) is 11.1. The molecule has 4 nitrogen and oxygen atoms in total. The summed E-state index contributed by atoms with van der Waals surface area (Å²) in [5.74, 6) is 1.26. The molecule has 0 amide bonds. The minimum Gasteiger partial charge on any atom is -0.383 e. The van der Waals surface area contributed by atoms with Crippen molar-refractivity contribution in [2.24, 2.45) is 0 Å². The molecule has 0 aliphatic rings. The first-order valence-electron chi connectivity index (χ1n) is 4.22. The van der Waals surface area contributed by atoms with E-state index in [1.807, 2.05) is 19.1 Å². The van der Waals surface area contributed by atoms with Crippen molar-refractivity contribution in [2.75, 3.05) is 5.73 Å². The number of nitrogens with zero attached hydrogens (tertiary/aromatic N) is 3. The van der Waals surface area contributed by atoms with E-state index in [0.29, 0.717) is 11.6 Å². The molecule has 78 valence electrons. The molecule has 15 heavy (non-hydrogen) atoms. The number of hydrogen-bond donors (Lipinski definition) is 1. The summed E-state index contributed by atoms with van der Waals surface area (Å²) in [6, 6.07) is 3.74. The lowest BCUT2D eigenvalue weighted by Crippen LogP contribution is -2.03. The topological polar surface area (TPSA) is 56.7 Å². The highest BCUT2D eigenvalue weighted by atomic mass is 79.9. The lowest BCUT2D eigenvalue weighted by Gasteiger charge is -2.02. The molecule has 0 aromatic carbocycles. The minimum atomic E-state index is 0.558. The Hall–Kier alpha value is -0.880. The van der Waals surface area contributed by atoms with Crippen LogP contribution in [0, 0.1) is 6.92 Å². The molecule has 0 unspecified atom stereocenters. The van der Waals surface area contributed by atoms with Gasteiger partial charge in [-0.15, -0.1) is 0 Å². The van der Waals surface area contributed by atoms with Crippen LogP contribution >= 0.6 is 31.9 Å². The molecule has 0 saturated carbocycles. The van der Waals surface area contributed by atoms with Gasteiger partial charge in [0.1, 0.15) is 5.82 Å². The van der Waals surface area contributed by atoms with E-state index in [-0.39, 0.29) is 0 Å². The third-order valence-electron chi connectivity index (χ3n) is 1.95. The van der Waals surface area contributed by atoms with Crippen LogP contribution in [0.4, 0.5) is 5.82 Å². The monoisotopic (exact) mass is 330 g/mol. The normalized spacial score (nSPS) is 10.6. The van der Waals surface area contributed by atoms with Crippen LogP contribution in [0.5, 0.6) is 0 Å². The largest absolute Gasteiger partial charge is 0.383 e. The lowest BCUT2D eigenvalue weighted by atomic mass is 10.4. The first kappa shape index (κ1) is 10.6. The molecular weight excluding hydrogens is 324 g/mol. The van der Waals surface area contributed by atoms with Gasteiger partial charge in [0.05, 0.1) is 10.2 Å². The quantitative estimate of drug-likeness (QED) is 0.874. The van der Waals surface area contributed by atoms with E-state index in [1.165, 1.54) is 0 Å². The fraction of sp³-hybridized carbons (Fsp3) is 0.111. The zero-order chi connectivity index (χ0) is 11.0. The Kier molecular flexibility index (Phi) is 2.79. The smallest absolute Gasteiger partial charge is 0.155 e. The van der Waals surface area contributed by atoms with Gasteiger partial charge in [-0.25, -0.2) is 4.98 Å². The third-order valence-corrected chi connectivity index (χ3v) is 3.40. The zero-order valence-electron chi connectivity index (χ0n) is 7.91. The maximum Gasteiger partial charge on any atom is 0.155 e. The second-order valence-electron chi connectivity index (χ2n) is 3.03. The number of anilines is 1. The molecule has 0 bridgehead atoms. The molecule has 0 aliphatic carbocycles. The van der Waals surface area contributed by atoms with Crippen LogP contribution in [0.3, 0.4) is 0 Å². The maximum absolute atomic E-state index is 5.88. The van der Waals surface area contributed by atoms with Gasteiger partial charge in [-0.2, -0.15) is 9.78 Å². The highest BCUT2D eigenvalue weighted by Crippen LogP contribution is 2.25. The number of rotatable bonds is 1. The molecule has 2 aromatic heterocycles. The van der Waals surface area contributed by atoms with Crippen LogP contribution in [0.1, 0.15) is 5.69 Å². The van der Waals surface area contributed by atoms with Crippen molar-refractivity contribution in [2.45, 2.75) is 6.92 Å². The Labute approximate surface area is 104 Å². The summed E-state index contributed by atoms with van der Waals surface area (Å²) in [7, 11) is 0. The van der Waals surface area contributed by atoms with Gasteiger partial charge < -0.3 is 5.73 Å². The van der Waals surface area contributed by atoms with Gasteiger partial charge in [0.15, 0.2) is 5.82 Å². The van der Waals surface area contributed by atoms with Gasteiger partial charge in [-0.05, 0) is 50.9 Å². The second-order valence-corrected chi connectivity index (χ2v) is 4.74. The van der Waals surface area contributed by atoms with Crippen LogP contribution in [-0.2, 0) is 0 Å². The van der Waals surface area contributed by atoms with E-state index in [0.717, 1.165) is 14.6 Å². The molecule has 2 heterocycles. The number of nitrogens with two attached hydrogens (primary N) is 1. The van der Waals surface area contributed by atoms with Gasteiger partial charge in [-0.3, -0.25) is 0 Å². The first-order chi connectivity index (χ1) is 7.09. The molecule has 6 heteroatoms. The summed E-state index contributed by atoms with van der Waals surface area (Å²) in [6.45, 7) is 1.88. The van der Waals surface area contributed by atoms with Crippen molar-refractivity contribution < 1.29 is 0 Å². The molecule has 0 spiro atoms. The van der Waals surface area contributed by atoms with Crippen LogP contribution in [0.2, 0.25) is 0 Å². The van der Waals surface area contributed by atoms with Gasteiger partial charge in [0.2, 0.25) is 0 Å². The molecular formula is C9H8Br2N4. The molecule has 0 radical (unpaired) electrons. The number of hydrogen-bond acceptors (Lipinski definition) is 3. The Morgan fingerprint density at radius 3 is 2.53 bits per heavy atom. The highest BCUT2D eigenvalue weighted by Gasteiger charge is 2.11. The predicted molar refractivity (Wildman–Crippen MR) is 65.9 cm³/mol. The Morgan fingerprint density at radius 1 is 1.33 bits per heavy atom. The highest BCUT2D eigenvalue weighted by molar-refractivity contribution is 9.10. The molecule has 2 rings (SSSR count). The van der Waals surface area contributed by atoms with Crippen molar-refractivity contribution in [3.63, 3.8) is 0 Å². The van der Waals surface area contributed by atoms with Gasteiger partial charge in [0, 0.05) is 10.7 Å². The predicted octanol–water partition coefficient (Wildman–Crippen LogP) is 2.68. The van der Waals surface area contributed by atoms with E-state index in [2.05, 4.69) is 41.9 Å². The molecule has 0 fully saturated rings. The van der Waals surface area contributed by atoms with Crippen LogP contribution < -0.4 is 5.73 Å². The fourth-order valence-electron chi connectivity index (χ4n) is 1.19. The molecule has 0 atom stereocenters. The SMILES string of the molecule is Cc1nn(-c2ccc(Br)cn2)c(N)c1Br. The number of aryl methyl sites for hydroxylation is 1. The summed E-state index contributed by atoms with van der Waals surface area (Å²) in [4.78, 5) is 4.22. The van der Waals surface area contributed by atoms with Gasteiger partial charge in [0.25, 0.3) is 0 Å². The number of pyridine rings is 1. The van der Waals surface area contributed by atoms with Crippen molar-refractivity contribution in [1.82, 2.24) is 14.8 Å². The summed E-state index contributed by atoms with van der Waals surface area (Å²) in [5.41, 5.74) is 6.72. The van der Waals surface area contributed by atoms with E-state index in [1.54, 1.807) is 10.9 Å². The van der Waals surface area contributed by atoms with E-state index < -0.39 is 0 Å². The van der Waals surface area contributed by atoms with E-state index >= 15 is 0 Å². The lowest BCUT2D eigenvalue weighted by molar-refractivity contribution is 0.841. The van der Waals surface area contributed by atoms with E-state index in [9.17, 15) is 0 Å². The standard InChI is InChI=1S/C9H8Br2N4/c1-5-8(11)9(12)15(14-5)7-3-2-6(10)4-13-7/h2-4H,12H2,1H3. The van der Waals surface area contributed by atoms with Crippen LogP contribution in [0.25, 0.3) is 5.82 Å². The second kappa shape index (κ2) is 3.94. The summed E-state index contributed by atoms with van der Waals surface area (Å²) < 4.78 is 3.34. The van der Waals surface area contributed by atoms with Gasteiger partial charge >= 0.3 is 0 Å². The first-order valence-corrected chi connectivity index (χ1v) is 5.80. The Bertz CT molecular complexity index is 490. The number of nitrogen functional groups attached to an aromatic ring is 1. The van der Waals surface area contributed by atoms with Crippen LogP contribution in [0.15, 0.2) is 27.3 Å². The van der Waals surface area contributed by atoms with Gasteiger partial charge in [-0.1, -0.05) is 0 Å². The average Bonchev–Trinajstić information content (AvgIpc) is 2.47. The Balaban J connectivity index is 2.54. The minimum absolute atomic E-state index is 0.558. The Morgan fingerprint density at radius 2 is 2.07 bits per heavy atom. The molecule has 2 N–H and O–H groups in total. The molecule has 2 aromatic rings. The maximum atomic E-state index is 5.88. The van der Waals surface area contributed by atoms with Crippen molar-refractivity contribution in [1.29, 1.82) is 0 Å². The summed E-state index contributed by atoms with van der Waals surface area (Å²) >= 11 is 6.69. The summed E-state index contributed by atoms with van der Waals surface area (Å²) in [5, 5.41) is 4.28. The van der Waals surface area contributed by atoms with Crippen molar-refractivity contribution >= 4 is 37.7 Å². The average molecular weight is 332 g/mol. The molecule has 0 saturated heterocycles. The van der Waals surface area contributed by atoms with Crippen LogP contribution in [-0.4, -0.2) is 14.8 Å². The van der Waals surface area contributed by atoms with Crippen molar-refractivity contribution in [3.8, 4) is 5.82 Å².